The maximum atomic E-state index is 12.0. The Kier molecular flexibility index (Phi) is 4.78. The first-order valence-electron chi connectivity index (χ1n) is 6.24. The highest BCUT2D eigenvalue weighted by molar-refractivity contribution is 5.93. The molecule has 0 bridgehead atoms. The van der Waals surface area contributed by atoms with Crippen LogP contribution in [0.15, 0.2) is 12.3 Å². The third kappa shape index (κ3) is 3.77. The van der Waals surface area contributed by atoms with Gasteiger partial charge in [0.2, 0.25) is 0 Å². The van der Waals surface area contributed by atoms with Crippen molar-refractivity contribution < 1.29 is 9.90 Å². The lowest BCUT2D eigenvalue weighted by Gasteiger charge is -2.23. The minimum Gasteiger partial charge on any atom is -0.397 e. The van der Waals surface area contributed by atoms with E-state index in [2.05, 4.69) is 5.32 Å². The highest BCUT2D eigenvalue weighted by Gasteiger charge is 2.19. The highest BCUT2D eigenvalue weighted by atomic mass is 16.3. The van der Waals surface area contributed by atoms with Crippen molar-refractivity contribution in [2.24, 2.45) is 5.41 Å². The predicted octanol–water partition coefficient (Wildman–Crippen LogP) is 1.23. The first kappa shape index (κ1) is 14.6. The summed E-state index contributed by atoms with van der Waals surface area (Å²) in [5.41, 5.74) is 6.75. The van der Waals surface area contributed by atoms with E-state index in [1.165, 1.54) is 0 Å². The molecule has 18 heavy (non-hydrogen) atoms. The molecule has 4 N–H and O–H groups in total. The standard InChI is InChI=1S/C13H23N3O2/c1-4-16-8-10(14)7-11(16)12(18)15-9-13(2,3)5-6-17/h7-8,17H,4-6,9,14H2,1-3H3,(H,15,18). The minimum absolute atomic E-state index is 0.112. The van der Waals surface area contributed by atoms with Gasteiger partial charge in [-0.3, -0.25) is 4.79 Å². The van der Waals surface area contributed by atoms with Crippen LogP contribution < -0.4 is 11.1 Å². The molecule has 5 heteroatoms. The molecule has 0 aromatic carbocycles. The summed E-state index contributed by atoms with van der Waals surface area (Å²) in [6, 6.07) is 1.68. The van der Waals surface area contributed by atoms with Crippen molar-refractivity contribution in [1.82, 2.24) is 9.88 Å². The van der Waals surface area contributed by atoms with Gasteiger partial charge in [0.05, 0.1) is 5.69 Å². The average Bonchev–Trinajstić information content (AvgIpc) is 2.67. The van der Waals surface area contributed by atoms with Gasteiger partial charge >= 0.3 is 0 Å². The summed E-state index contributed by atoms with van der Waals surface area (Å²) in [4.78, 5) is 12.0. The van der Waals surface area contributed by atoms with E-state index in [1.54, 1.807) is 12.3 Å². The van der Waals surface area contributed by atoms with Gasteiger partial charge in [-0.2, -0.15) is 0 Å². The number of amides is 1. The van der Waals surface area contributed by atoms with E-state index in [0.29, 0.717) is 30.9 Å². The number of aryl methyl sites for hydroxylation is 1. The second-order valence-electron chi connectivity index (χ2n) is 5.27. The lowest BCUT2D eigenvalue weighted by molar-refractivity contribution is 0.0919. The fourth-order valence-corrected chi connectivity index (χ4v) is 1.79. The molecular formula is C13H23N3O2. The molecule has 0 saturated carbocycles. The summed E-state index contributed by atoms with van der Waals surface area (Å²) in [5.74, 6) is -0.125. The number of nitrogens with two attached hydrogens (primary N) is 1. The van der Waals surface area contributed by atoms with Crippen molar-refractivity contribution in [2.45, 2.75) is 33.7 Å². The Morgan fingerprint density at radius 3 is 2.78 bits per heavy atom. The largest absolute Gasteiger partial charge is 0.397 e. The second kappa shape index (κ2) is 5.91. The van der Waals surface area contributed by atoms with Crippen molar-refractivity contribution in [3.8, 4) is 0 Å². The molecule has 0 spiro atoms. The van der Waals surface area contributed by atoms with Gasteiger partial charge in [-0.1, -0.05) is 13.8 Å². The molecule has 0 saturated heterocycles. The summed E-state index contributed by atoms with van der Waals surface area (Å²) in [5, 5.41) is 11.8. The van der Waals surface area contributed by atoms with Crippen LogP contribution in [-0.4, -0.2) is 28.7 Å². The van der Waals surface area contributed by atoms with Crippen LogP contribution in [0.4, 0.5) is 5.69 Å². The monoisotopic (exact) mass is 253 g/mol. The Morgan fingerprint density at radius 2 is 2.22 bits per heavy atom. The summed E-state index contributed by atoms with van der Waals surface area (Å²) in [7, 11) is 0. The van der Waals surface area contributed by atoms with Crippen LogP contribution in [0.2, 0.25) is 0 Å². The number of hydrogen-bond acceptors (Lipinski definition) is 3. The molecule has 0 fully saturated rings. The summed E-state index contributed by atoms with van der Waals surface area (Å²) >= 11 is 0. The van der Waals surface area contributed by atoms with Crippen LogP contribution in [-0.2, 0) is 6.54 Å². The fourth-order valence-electron chi connectivity index (χ4n) is 1.79. The minimum atomic E-state index is -0.125. The predicted molar refractivity (Wildman–Crippen MR) is 72.3 cm³/mol. The smallest absolute Gasteiger partial charge is 0.268 e. The topological polar surface area (TPSA) is 80.3 Å². The Bertz CT molecular complexity index is 410. The van der Waals surface area contributed by atoms with E-state index in [1.807, 2.05) is 25.3 Å². The van der Waals surface area contributed by atoms with Crippen LogP contribution in [0.1, 0.15) is 37.7 Å². The van der Waals surface area contributed by atoms with Gasteiger partial charge in [0, 0.05) is 25.9 Å². The average molecular weight is 253 g/mol. The lowest BCUT2D eigenvalue weighted by Crippen LogP contribution is -2.35. The Hall–Kier alpha value is -1.49. The van der Waals surface area contributed by atoms with Crippen LogP contribution >= 0.6 is 0 Å². The number of anilines is 1. The van der Waals surface area contributed by atoms with Gasteiger partial charge < -0.3 is 20.7 Å². The molecule has 1 heterocycles. The Labute approximate surface area is 108 Å². The molecule has 102 valence electrons. The van der Waals surface area contributed by atoms with Gasteiger partial charge in [-0.15, -0.1) is 0 Å². The zero-order chi connectivity index (χ0) is 13.8. The highest BCUT2D eigenvalue weighted by Crippen LogP contribution is 2.18. The van der Waals surface area contributed by atoms with Crippen molar-refractivity contribution in [1.29, 1.82) is 0 Å². The maximum Gasteiger partial charge on any atom is 0.268 e. The quantitative estimate of drug-likeness (QED) is 0.713. The van der Waals surface area contributed by atoms with Gasteiger partial charge in [0.1, 0.15) is 5.69 Å². The van der Waals surface area contributed by atoms with Crippen molar-refractivity contribution in [3.05, 3.63) is 18.0 Å². The molecule has 5 nitrogen and oxygen atoms in total. The number of rotatable bonds is 6. The number of nitrogens with zero attached hydrogens (tertiary/aromatic N) is 1. The first-order valence-corrected chi connectivity index (χ1v) is 6.24. The fraction of sp³-hybridized carbons (Fsp3) is 0.615. The molecule has 1 aromatic rings. The van der Waals surface area contributed by atoms with Gasteiger partial charge in [0.15, 0.2) is 0 Å². The van der Waals surface area contributed by atoms with E-state index in [9.17, 15) is 4.79 Å². The number of nitrogen functional groups attached to an aromatic ring is 1. The molecule has 0 radical (unpaired) electrons. The number of aliphatic hydroxyl groups excluding tert-OH is 1. The Morgan fingerprint density at radius 1 is 1.56 bits per heavy atom. The molecule has 0 unspecified atom stereocenters. The summed E-state index contributed by atoms with van der Waals surface area (Å²) < 4.78 is 1.82. The molecule has 1 aromatic heterocycles. The summed E-state index contributed by atoms with van der Waals surface area (Å²) in [6.07, 6.45) is 2.41. The van der Waals surface area contributed by atoms with E-state index in [0.717, 1.165) is 0 Å². The number of nitrogens with one attached hydrogen (secondary N) is 1. The van der Waals surface area contributed by atoms with E-state index < -0.39 is 0 Å². The number of aliphatic hydroxyl groups is 1. The molecule has 0 aliphatic carbocycles. The lowest BCUT2D eigenvalue weighted by atomic mass is 9.90. The summed E-state index contributed by atoms with van der Waals surface area (Å²) in [6.45, 7) is 7.35. The third-order valence-corrected chi connectivity index (χ3v) is 3.01. The van der Waals surface area contributed by atoms with Crippen molar-refractivity contribution >= 4 is 11.6 Å². The Balaban J connectivity index is 2.65. The maximum absolute atomic E-state index is 12.0. The normalized spacial score (nSPS) is 11.6. The molecule has 0 aliphatic rings. The molecule has 0 aliphatic heterocycles. The molecular weight excluding hydrogens is 230 g/mol. The molecule has 1 rings (SSSR count). The van der Waals surface area contributed by atoms with Crippen LogP contribution in [0.3, 0.4) is 0 Å². The number of aromatic nitrogens is 1. The third-order valence-electron chi connectivity index (χ3n) is 3.01. The second-order valence-corrected chi connectivity index (χ2v) is 5.27. The molecule has 1 amide bonds. The zero-order valence-electron chi connectivity index (χ0n) is 11.4. The van der Waals surface area contributed by atoms with Crippen molar-refractivity contribution in [2.75, 3.05) is 18.9 Å². The SMILES string of the molecule is CCn1cc(N)cc1C(=O)NCC(C)(C)CCO. The van der Waals surface area contributed by atoms with Crippen molar-refractivity contribution in [3.63, 3.8) is 0 Å². The zero-order valence-corrected chi connectivity index (χ0v) is 11.4. The van der Waals surface area contributed by atoms with Crippen LogP contribution in [0.25, 0.3) is 0 Å². The van der Waals surface area contributed by atoms with Gasteiger partial charge in [-0.05, 0) is 24.8 Å². The van der Waals surface area contributed by atoms with E-state index in [-0.39, 0.29) is 17.9 Å². The van der Waals surface area contributed by atoms with Crippen LogP contribution in [0, 0.1) is 5.41 Å². The number of carbonyl (C=O) groups is 1. The van der Waals surface area contributed by atoms with Gasteiger partial charge in [-0.25, -0.2) is 0 Å². The van der Waals surface area contributed by atoms with E-state index in [4.69, 9.17) is 10.8 Å². The molecule has 0 atom stereocenters. The van der Waals surface area contributed by atoms with Gasteiger partial charge in [0.25, 0.3) is 5.91 Å². The number of carbonyl (C=O) groups excluding carboxylic acids is 1. The van der Waals surface area contributed by atoms with E-state index >= 15 is 0 Å². The first-order chi connectivity index (χ1) is 8.39. The van der Waals surface area contributed by atoms with Crippen LogP contribution in [0.5, 0.6) is 0 Å². The number of hydrogen-bond donors (Lipinski definition) is 3.